The first kappa shape index (κ1) is 34.7. The molecular weight excluding hydrogens is 793 g/mol. The van der Waals surface area contributed by atoms with Crippen LogP contribution in [0.1, 0.15) is 0 Å². The molecular formula is C60H36N4O. The first-order chi connectivity index (χ1) is 32.3. The highest BCUT2D eigenvalue weighted by Gasteiger charge is 2.24. The van der Waals surface area contributed by atoms with Gasteiger partial charge in [0.2, 0.25) is 0 Å². The van der Waals surface area contributed by atoms with Crippen LogP contribution < -0.4 is 0 Å². The summed E-state index contributed by atoms with van der Waals surface area (Å²) >= 11 is 0. The van der Waals surface area contributed by atoms with Crippen molar-refractivity contribution in [3.8, 4) is 22.7 Å². The number of furan rings is 1. The van der Waals surface area contributed by atoms with Crippen LogP contribution in [0.2, 0.25) is 0 Å². The molecule has 65 heavy (non-hydrogen) atoms. The average molecular weight is 829 g/mol. The zero-order valence-electron chi connectivity index (χ0n) is 35.0. The van der Waals surface area contributed by atoms with E-state index in [9.17, 15) is 0 Å². The van der Waals surface area contributed by atoms with E-state index >= 15 is 0 Å². The standard InChI is InChI=1S/C60H36N4O/c1-8-22-48-39(15-1)40-16-2-9-23-49(40)61(48)37-29-31-54-46(35-37)43-19-5-10-24-50(43)62(54)38-30-32-55-47(36-38)44-20-6-13-27-53(44)63(55)56-33-34-57(60-59(56)45-21-7-14-28-58(45)65-60)64-51-25-11-3-17-41(51)42-18-4-12-26-52(42)64/h1-36H. The van der Waals surface area contributed by atoms with Gasteiger partial charge in [0.05, 0.1) is 60.9 Å². The predicted octanol–water partition coefficient (Wildman–Crippen LogP) is 16.0. The minimum atomic E-state index is 0.864. The number of hydrogen-bond acceptors (Lipinski definition) is 1. The van der Waals surface area contributed by atoms with Gasteiger partial charge in [-0.05, 0) is 91.0 Å². The molecule has 5 nitrogen and oxygen atoms in total. The second kappa shape index (κ2) is 12.9. The zero-order chi connectivity index (χ0) is 42.3. The smallest absolute Gasteiger partial charge is 0.161 e. The molecule has 5 heterocycles. The molecule has 15 rings (SSSR count). The number of benzene rings is 10. The van der Waals surface area contributed by atoms with Crippen LogP contribution in [0.25, 0.3) is 132 Å². The molecule has 10 aromatic carbocycles. The predicted molar refractivity (Wildman–Crippen MR) is 271 cm³/mol. The number of nitrogens with zero attached hydrogens (tertiary/aromatic N) is 4. The van der Waals surface area contributed by atoms with Crippen LogP contribution in [0.3, 0.4) is 0 Å². The van der Waals surface area contributed by atoms with E-state index in [1.54, 1.807) is 0 Å². The summed E-state index contributed by atoms with van der Waals surface area (Å²) in [5, 5.41) is 12.0. The molecule has 302 valence electrons. The average Bonchev–Trinajstić information content (AvgIpc) is 4.17. The molecule has 0 N–H and O–H groups in total. The van der Waals surface area contributed by atoms with Crippen LogP contribution in [0, 0.1) is 0 Å². The fraction of sp³-hybridized carbons (Fsp3) is 0. The Morgan fingerprint density at radius 1 is 0.246 bits per heavy atom. The first-order valence-electron chi connectivity index (χ1n) is 22.3. The molecule has 0 fully saturated rings. The van der Waals surface area contributed by atoms with Gasteiger partial charge in [-0.1, -0.05) is 127 Å². The molecule has 0 aliphatic rings. The van der Waals surface area contributed by atoms with Crippen molar-refractivity contribution < 1.29 is 4.42 Å². The van der Waals surface area contributed by atoms with Crippen molar-refractivity contribution in [2.24, 2.45) is 0 Å². The van der Waals surface area contributed by atoms with Gasteiger partial charge < -0.3 is 22.7 Å². The zero-order valence-corrected chi connectivity index (χ0v) is 35.0. The highest BCUT2D eigenvalue weighted by atomic mass is 16.3. The topological polar surface area (TPSA) is 32.9 Å². The summed E-state index contributed by atoms with van der Waals surface area (Å²) in [6.45, 7) is 0. The molecule has 5 heteroatoms. The van der Waals surface area contributed by atoms with Gasteiger partial charge in [-0.15, -0.1) is 0 Å². The molecule has 0 spiro atoms. The van der Waals surface area contributed by atoms with Gasteiger partial charge >= 0.3 is 0 Å². The molecule has 0 saturated heterocycles. The summed E-state index contributed by atoms with van der Waals surface area (Å²) in [7, 11) is 0. The van der Waals surface area contributed by atoms with E-state index in [4.69, 9.17) is 4.42 Å². The van der Waals surface area contributed by atoms with Gasteiger partial charge in [-0.2, -0.15) is 0 Å². The number of rotatable bonds is 4. The Balaban J connectivity index is 0.963. The second-order valence-electron chi connectivity index (χ2n) is 17.3. The Hall–Kier alpha value is -8.80. The number of para-hydroxylation sites is 7. The van der Waals surface area contributed by atoms with Gasteiger partial charge in [0.1, 0.15) is 5.58 Å². The van der Waals surface area contributed by atoms with E-state index in [1.165, 1.54) is 65.2 Å². The van der Waals surface area contributed by atoms with Crippen molar-refractivity contribution in [3.63, 3.8) is 0 Å². The fourth-order valence-corrected chi connectivity index (χ4v) is 11.3. The van der Waals surface area contributed by atoms with E-state index in [2.05, 4.69) is 237 Å². The van der Waals surface area contributed by atoms with Gasteiger partial charge in [0.15, 0.2) is 5.58 Å². The summed E-state index contributed by atoms with van der Waals surface area (Å²) < 4.78 is 16.6. The van der Waals surface area contributed by atoms with Crippen molar-refractivity contribution in [3.05, 3.63) is 218 Å². The number of hydrogen-bond donors (Lipinski definition) is 0. The van der Waals surface area contributed by atoms with Crippen molar-refractivity contribution in [2.45, 2.75) is 0 Å². The van der Waals surface area contributed by atoms with E-state index in [0.717, 1.165) is 66.8 Å². The maximum Gasteiger partial charge on any atom is 0.161 e. The quantitative estimate of drug-likeness (QED) is 0.174. The Morgan fingerprint density at radius 2 is 0.569 bits per heavy atom. The van der Waals surface area contributed by atoms with Crippen molar-refractivity contribution in [2.75, 3.05) is 0 Å². The molecule has 0 bridgehead atoms. The third-order valence-electron chi connectivity index (χ3n) is 14.0. The molecule has 0 saturated carbocycles. The van der Waals surface area contributed by atoms with Crippen LogP contribution in [-0.2, 0) is 0 Å². The highest BCUT2D eigenvalue weighted by molar-refractivity contribution is 6.18. The molecule has 15 aromatic rings. The summed E-state index contributed by atoms with van der Waals surface area (Å²) in [5.41, 5.74) is 15.5. The van der Waals surface area contributed by atoms with Crippen molar-refractivity contribution in [1.29, 1.82) is 0 Å². The van der Waals surface area contributed by atoms with E-state index in [-0.39, 0.29) is 0 Å². The van der Waals surface area contributed by atoms with E-state index < -0.39 is 0 Å². The summed E-state index contributed by atoms with van der Waals surface area (Å²) in [6.07, 6.45) is 0. The molecule has 0 aliphatic heterocycles. The van der Waals surface area contributed by atoms with Crippen LogP contribution in [0.5, 0.6) is 0 Å². The Bertz CT molecular complexity index is 4380. The lowest BCUT2D eigenvalue weighted by molar-refractivity contribution is 0.666. The van der Waals surface area contributed by atoms with Crippen LogP contribution >= 0.6 is 0 Å². The molecule has 0 atom stereocenters. The number of aromatic nitrogens is 4. The Labute approximate surface area is 371 Å². The van der Waals surface area contributed by atoms with Crippen molar-refractivity contribution >= 4 is 109 Å². The SMILES string of the molecule is c1ccc2c(c1)oc1c(-n3c4ccccc4c4ccccc43)ccc(-n3c4ccccc4c4cc(-n5c6ccccc6c6cc(-n7c8ccccc8c8ccccc87)ccc65)ccc43)c12. The molecule has 0 unspecified atom stereocenters. The van der Waals surface area contributed by atoms with E-state index in [0.29, 0.717) is 0 Å². The van der Waals surface area contributed by atoms with Gasteiger partial charge in [0.25, 0.3) is 0 Å². The third kappa shape index (κ3) is 4.65. The molecule has 0 radical (unpaired) electrons. The maximum absolute atomic E-state index is 6.95. The van der Waals surface area contributed by atoms with Crippen LogP contribution in [-0.4, -0.2) is 18.3 Å². The lowest BCUT2D eigenvalue weighted by atomic mass is 10.1. The van der Waals surface area contributed by atoms with E-state index in [1.807, 2.05) is 0 Å². The molecule has 5 aromatic heterocycles. The molecule has 0 amide bonds. The number of fused-ring (bicyclic) bond motifs is 15. The van der Waals surface area contributed by atoms with Crippen molar-refractivity contribution in [1.82, 2.24) is 18.3 Å². The second-order valence-corrected chi connectivity index (χ2v) is 17.3. The van der Waals surface area contributed by atoms with Crippen LogP contribution in [0.4, 0.5) is 0 Å². The van der Waals surface area contributed by atoms with Gasteiger partial charge in [-0.3, -0.25) is 0 Å². The summed E-state index contributed by atoms with van der Waals surface area (Å²) in [4.78, 5) is 0. The lowest BCUT2D eigenvalue weighted by Crippen LogP contribution is -1.99. The fourth-order valence-electron chi connectivity index (χ4n) is 11.3. The monoisotopic (exact) mass is 828 g/mol. The summed E-state index contributed by atoms with van der Waals surface area (Å²) in [6, 6.07) is 79.4. The minimum Gasteiger partial charge on any atom is -0.454 e. The Morgan fingerprint density at radius 3 is 1.03 bits per heavy atom. The highest BCUT2D eigenvalue weighted by Crippen LogP contribution is 2.44. The maximum atomic E-state index is 6.95. The van der Waals surface area contributed by atoms with Gasteiger partial charge in [-0.25, -0.2) is 0 Å². The third-order valence-corrected chi connectivity index (χ3v) is 14.0. The minimum absolute atomic E-state index is 0.864. The first-order valence-corrected chi connectivity index (χ1v) is 22.3. The van der Waals surface area contributed by atoms with Gasteiger partial charge in [0, 0.05) is 59.9 Å². The normalized spacial score (nSPS) is 12.3. The molecule has 0 aliphatic carbocycles. The Kier molecular flexibility index (Phi) is 6.89. The van der Waals surface area contributed by atoms with Crippen LogP contribution in [0.15, 0.2) is 223 Å². The summed E-state index contributed by atoms with van der Waals surface area (Å²) in [5.74, 6) is 0. The largest absolute Gasteiger partial charge is 0.454 e. The lowest BCUT2D eigenvalue weighted by Gasteiger charge is -2.14.